The van der Waals surface area contributed by atoms with Gasteiger partial charge in [0.1, 0.15) is 6.29 Å². The molecular weight excluding hydrogens is 140 g/mol. The van der Waals surface area contributed by atoms with Crippen LogP contribution in [0.15, 0.2) is 0 Å². The molecule has 0 heterocycles. The second-order valence-corrected chi connectivity index (χ2v) is 3.93. The van der Waals surface area contributed by atoms with Gasteiger partial charge in [-0.05, 0) is 26.7 Å². The molecule has 66 valence electrons. The van der Waals surface area contributed by atoms with Gasteiger partial charge in [-0.3, -0.25) is 0 Å². The molecular formula is C9H18O2. The van der Waals surface area contributed by atoms with Crippen LogP contribution in [0.4, 0.5) is 0 Å². The SMILES string of the molecule is CC(CC=O)COC(C)(C)C. The largest absolute Gasteiger partial charge is 0.376 e. The number of rotatable bonds is 4. The van der Waals surface area contributed by atoms with Gasteiger partial charge in [-0.1, -0.05) is 6.92 Å². The summed E-state index contributed by atoms with van der Waals surface area (Å²) in [7, 11) is 0. The normalized spacial score (nSPS) is 14.5. The lowest BCUT2D eigenvalue weighted by Gasteiger charge is -2.21. The van der Waals surface area contributed by atoms with Crippen molar-refractivity contribution in [3.8, 4) is 0 Å². The summed E-state index contributed by atoms with van der Waals surface area (Å²) in [6, 6.07) is 0. The van der Waals surface area contributed by atoms with Gasteiger partial charge >= 0.3 is 0 Å². The monoisotopic (exact) mass is 158 g/mol. The highest BCUT2D eigenvalue weighted by atomic mass is 16.5. The second-order valence-electron chi connectivity index (χ2n) is 3.93. The molecule has 2 heteroatoms. The first-order valence-corrected chi connectivity index (χ1v) is 4.03. The van der Waals surface area contributed by atoms with E-state index in [-0.39, 0.29) is 5.60 Å². The summed E-state index contributed by atoms with van der Waals surface area (Å²) >= 11 is 0. The third kappa shape index (κ3) is 7.53. The lowest BCUT2D eigenvalue weighted by Crippen LogP contribution is -2.22. The quantitative estimate of drug-likeness (QED) is 0.585. The zero-order valence-electron chi connectivity index (χ0n) is 7.89. The van der Waals surface area contributed by atoms with Gasteiger partial charge in [0.15, 0.2) is 0 Å². The number of ether oxygens (including phenoxy) is 1. The van der Waals surface area contributed by atoms with Gasteiger partial charge in [0, 0.05) is 6.42 Å². The highest BCUT2D eigenvalue weighted by molar-refractivity contribution is 5.49. The minimum absolute atomic E-state index is 0.0862. The minimum atomic E-state index is -0.0862. The molecule has 0 bridgehead atoms. The average molecular weight is 158 g/mol. The maximum absolute atomic E-state index is 10.1. The first-order valence-electron chi connectivity index (χ1n) is 4.03. The van der Waals surface area contributed by atoms with Crippen LogP contribution < -0.4 is 0 Å². The second kappa shape index (κ2) is 4.50. The van der Waals surface area contributed by atoms with Crippen LogP contribution in [0.5, 0.6) is 0 Å². The van der Waals surface area contributed by atoms with Gasteiger partial charge in [-0.2, -0.15) is 0 Å². The van der Waals surface area contributed by atoms with Crippen molar-refractivity contribution in [3.63, 3.8) is 0 Å². The van der Waals surface area contributed by atoms with Gasteiger partial charge in [-0.15, -0.1) is 0 Å². The Labute approximate surface area is 68.9 Å². The molecule has 11 heavy (non-hydrogen) atoms. The Balaban J connectivity index is 3.45. The van der Waals surface area contributed by atoms with Crippen molar-refractivity contribution in [1.29, 1.82) is 0 Å². The van der Waals surface area contributed by atoms with Gasteiger partial charge in [0.2, 0.25) is 0 Å². The number of hydrogen-bond donors (Lipinski definition) is 0. The van der Waals surface area contributed by atoms with Crippen LogP contribution in [0.2, 0.25) is 0 Å². The predicted molar refractivity (Wildman–Crippen MR) is 45.6 cm³/mol. The fourth-order valence-corrected chi connectivity index (χ4v) is 0.625. The van der Waals surface area contributed by atoms with Gasteiger partial charge in [0.25, 0.3) is 0 Å². The third-order valence-corrected chi connectivity index (χ3v) is 1.30. The summed E-state index contributed by atoms with van der Waals surface area (Å²) in [5.74, 6) is 0.340. The number of hydrogen-bond acceptors (Lipinski definition) is 2. The molecule has 0 fully saturated rings. The van der Waals surface area contributed by atoms with E-state index in [4.69, 9.17) is 4.74 Å². The molecule has 0 radical (unpaired) electrons. The molecule has 0 aromatic rings. The fourth-order valence-electron chi connectivity index (χ4n) is 0.625. The van der Waals surface area contributed by atoms with Crippen LogP contribution in [0.25, 0.3) is 0 Å². The summed E-state index contributed by atoms with van der Waals surface area (Å²) in [5, 5.41) is 0. The molecule has 0 aliphatic heterocycles. The molecule has 0 N–H and O–H groups in total. The van der Waals surface area contributed by atoms with Crippen LogP contribution in [-0.4, -0.2) is 18.5 Å². The molecule has 0 amide bonds. The van der Waals surface area contributed by atoms with Crippen LogP contribution in [0.3, 0.4) is 0 Å². The van der Waals surface area contributed by atoms with Crippen LogP contribution >= 0.6 is 0 Å². The number of aldehydes is 1. The minimum Gasteiger partial charge on any atom is -0.376 e. The van der Waals surface area contributed by atoms with Crippen molar-refractivity contribution in [2.45, 2.75) is 39.7 Å². The average Bonchev–Trinajstić information content (AvgIpc) is 1.83. The number of carbonyl (C=O) groups excluding carboxylic acids is 1. The highest BCUT2D eigenvalue weighted by Crippen LogP contribution is 2.10. The molecule has 0 aliphatic carbocycles. The fraction of sp³-hybridized carbons (Fsp3) is 0.889. The molecule has 0 saturated carbocycles. The molecule has 0 spiro atoms. The summed E-state index contributed by atoms with van der Waals surface area (Å²) in [4.78, 5) is 10.1. The van der Waals surface area contributed by atoms with E-state index in [0.29, 0.717) is 18.9 Å². The van der Waals surface area contributed by atoms with Crippen molar-refractivity contribution in [2.75, 3.05) is 6.61 Å². The lowest BCUT2D eigenvalue weighted by atomic mass is 10.1. The van der Waals surface area contributed by atoms with E-state index in [1.165, 1.54) is 0 Å². The zero-order chi connectivity index (χ0) is 8.91. The predicted octanol–water partition coefficient (Wildman–Crippen LogP) is 2.03. The Morgan fingerprint density at radius 1 is 1.45 bits per heavy atom. The first kappa shape index (κ1) is 10.6. The Morgan fingerprint density at radius 3 is 2.36 bits per heavy atom. The van der Waals surface area contributed by atoms with Crippen molar-refractivity contribution in [3.05, 3.63) is 0 Å². The van der Waals surface area contributed by atoms with Crippen molar-refractivity contribution in [2.24, 2.45) is 5.92 Å². The molecule has 1 unspecified atom stereocenters. The molecule has 1 atom stereocenters. The zero-order valence-corrected chi connectivity index (χ0v) is 7.89. The van der Waals surface area contributed by atoms with E-state index < -0.39 is 0 Å². The topological polar surface area (TPSA) is 26.3 Å². The van der Waals surface area contributed by atoms with Crippen LogP contribution in [-0.2, 0) is 9.53 Å². The van der Waals surface area contributed by atoms with Gasteiger partial charge in [0.05, 0.1) is 12.2 Å². The first-order chi connectivity index (χ1) is 4.95. The number of carbonyl (C=O) groups is 1. The molecule has 0 saturated heterocycles. The Hall–Kier alpha value is -0.370. The highest BCUT2D eigenvalue weighted by Gasteiger charge is 2.11. The summed E-state index contributed by atoms with van der Waals surface area (Å²) in [5.41, 5.74) is -0.0862. The van der Waals surface area contributed by atoms with Crippen molar-refractivity contribution < 1.29 is 9.53 Å². The summed E-state index contributed by atoms with van der Waals surface area (Å²) in [6.07, 6.45) is 1.53. The maximum Gasteiger partial charge on any atom is 0.120 e. The lowest BCUT2D eigenvalue weighted by molar-refractivity contribution is -0.109. The molecule has 0 aromatic carbocycles. The van der Waals surface area contributed by atoms with Gasteiger partial charge in [-0.25, -0.2) is 0 Å². The van der Waals surface area contributed by atoms with E-state index in [9.17, 15) is 4.79 Å². The van der Waals surface area contributed by atoms with E-state index in [1.807, 2.05) is 27.7 Å². The van der Waals surface area contributed by atoms with E-state index in [2.05, 4.69) is 0 Å². The standard InChI is InChI=1S/C9H18O2/c1-8(5-6-10)7-11-9(2,3)4/h6,8H,5,7H2,1-4H3. The van der Waals surface area contributed by atoms with E-state index in [0.717, 1.165) is 6.29 Å². The van der Waals surface area contributed by atoms with Crippen LogP contribution in [0.1, 0.15) is 34.1 Å². The van der Waals surface area contributed by atoms with Crippen molar-refractivity contribution in [1.82, 2.24) is 0 Å². The third-order valence-electron chi connectivity index (χ3n) is 1.30. The molecule has 0 rings (SSSR count). The maximum atomic E-state index is 10.1. The Bertz CT molecular complexity index is 113. The van der Waals surface area contributed by atoms with Crippen molar-refractivity contribution >= 4 is 6.29 Å². The van der Waals surface area contributed by atoms with E-state index in [1.54, 1.807) is 0 Å². The Kier molecular flexibility index (Phi) is 4.34. The molecule has 0 aliphatic rings. The van der Waals surface area contributed by atoms with Crippen LogP contribution in [0, 0.1) is 5.92 Å². The summed E-state index contributed by atoms with van der Waals surface area (Å²) < 4.78 is 5.48. The Morgan fingerprint density at radius 2 is 2.00 bits per heavy atom. The van der Waals surface area contributed by atoms with Gasteiger partial charge < -0.3 is 9.53 Å². The van der Waals surface area contributed by atoms with E-state index >= 15 is 0 Å². The summed E-state index contributed by atoms with van der Waals surface area (Å²) in [6.45, 7) is 8.73. The molecule has 2 nitrogen and oxygen atoms in total. The molecule has 0 aromatic heterocycles. The smallest absolute Gasteiger partial charge is 0.120 e.